The van der Waals surface area contributed by atoms with Crippen molar-refractivity contribution in [3.05, 3.63) is 45.1 Å². The average molecular weight is 374 g/mol. The number of benzene rings is 1. The third kappa shape index (κ3) is 3.84. The van der Waals surface area contributed by atoms with Gasteiger partial charge in [0.05, 0.1) is 20.1 Å². The lowest BCUT2D eigenvalue weighted by Crippen LogP contribution is -2.10. The van der Waals surface area contributed by atoms with Gasteiger partial charge in [-0.3, -0.25) is 0 Å². The summed E-state index contributed by atoms with van der Waals surface area (Å²) in [5.41, 5.74) is 0.672. The van der Waals surface area contributed by atoms with E-state index in [0.717, 1.165) is 8.66 Å². The molecule has 2 aromatic rings. The standard InChI is InChI=1S/C14H16BrNO2S2/c1-2-9-20(17,18)13-6-4-3-5-12(13)16-10-11-7-8-14(15)19-11/h3-8,16H,2,9-10H2,1H3. The molecule has 1 heterocycles. The molecular formula is C14H16BrNO2S2. The molecule has 0 atom stereocenters. The molecule has 20 heavy (non-hydrogen) atoms. The van der Waals surface area contributed by atoms with E-state index >= 15 is 0 Å². The molecule has 0 spiro atoms. The van der Waals surface area contributed by atoms with Crippen molar-refractivity contribution < 1.29 is 8.42 Å². The van der Waals surface area contributed by atoms with E-state index in [1.807, 2.05) is 31.2 Å². The molecule has 0 unspecified atom stereocenters. The highest BCUT2D eigenvalue weighted by atomic mass is 79.9. The Hall–Kier alpha value is -0.850. The minimum Gasteiger partial charge on any atom is -0.379 e. The molecule has 2 rings (SSSR count). The van der Waals surface area contributed by atoms with Gasteiger partial charge in [0, 0.05) is 11.4 Å². The van der Waals surface area contributed by atoms with Crippen LogP contribution in [-0.4, -0.2) is 14.2 Å². The average Bonchev–Trinajstić information content (AvgIpc) is 2.82. The van der Waals surface area contributed by atoms with Crippen molar-refractivity contribution in [3.8, 4) is 0 Å². The fraction of sp³-hybridized carbons (Fsp3) is 0.286. The van der Waals surface area contributed by atoms with Crippen LogP contribution in [0.5, 0.6) is 0 Å². The molecule has 0 saturated carbocycles. The first kappa shape index (κ1) is 15.5. The summed E-state index contributed by atoms with van der Waals surface area (Å²) < 4.78 is 25.5. The van der Waals surface area contributed by atoms with Crippen LogP contribution in [0.25, 0.3) is 0 Å². The van der Waals surface area contributed by atoms with Crippen molar-refractivity contribution in [2.45, 2.75) is 24.8 Å². The highest BCUT2D eigenvalue weighted by molar-refractivity contribution is 9.11. The smallest absolute Gasteiger partial charge is 0.180 e. The lowest BCUT2D eigenvalue weighted by atomic mass is 10.3. The van der Waals surface area contributed by atoms with Crippen molar-refractivity contribution in [2.24, 2.45) is 0 Å². The quantitative estimate of drug-likeness (QED) is 0.820. The number of nitrogens with one attached hydrogen (secondary N) is 1. The lowest BCUT2D eigenvalue weighted by Gasteiger charge is -2.11. The first-order valence-corrected chi connectivity index (χ1v) is 9.59. The maximum Gasteiger partial charge on any atom is 0.180 e. The molecule has 0 aliphatic carbocycles. The number of rotatable bonds is 6. The first-order chi connectivity index (χ1) is 9.53. The van der Waals surface area contributed by atoms with Crippen LogP contribution in [0.1, 0.15) is 18.2 Å². The van der Waals surface area contributed by atoms with Crippen molar-refractivity contribution in [1.82, 2.24) is 0 Å². The lowest BCUT2D eigenvalue weighted by molar-refractivity contribution is 0.595. The molecule has 0 saturated heterocycles. The van der Waals surface area contributed by atoms with Crippen LogP contribution in [0.4, 0.5) is 5.69 Å². The second kappa shape index (κ2) is 6.74. The Balaban J connectivity index is 2.20. The Morgan fingerprint density at radius 3 is 2.60 bits per heavy atom. The minimum absolute atomic E-state index is 0.177. The summed E-state index contributed by atoms with van der Waals surface area (Å²) in [4.78, 5) is 1.54. The predicted octanol–water partition coefficient (Wildman–Crippen LogP) is 4.31. The van der Waals surface area contributed by atoms with Crippen LogP contribution in [-0.2, 0) is 16.4 Å². The minimum atomic E-state index is -3.21. The topological polar surface area (TPSA) is 46.2 Å². The van der Waals surface area contributed by atoms with Crippen LogP contribution in [0, 0.1) is 0 Å². The number of para-hydroxylation sites is 1. The van der Waals surface area contributed by atoms with E-state index in [9.17, 15) is 8.42 Å². The Morgan fingerprint density at radius 1 is 1.20 bits per heavy atom. The Kier molecular flexibility index (Phi) is 5.23. The fourth-order valence-corrected chi connectivity index (χ4v) is 4.83. The van der Waals surface area contributed by atoms with E-state index < -0.39 is 9.84 Å². The third-order valence-electron chi connectivity index (χ3n) is 2.78. The van der Waals surface area contributed by atoms with Gasteiger partial charge in [0.25, 0.3) is 0 Å². The number of thiophene rings is 1. The van der Waals surface area contributed by atoms with Gasteiger partial charge in [-0.05, 0) is 46.6 Å². The van der Waals surface area contributed by atoms with Crippen molar-refractivity contribution in [3.63, 3.8) is 0 Å². The number of halogens is 1. The zero-order chi connectivity index (χ0) is 14.6. The Bertz CT molecular complexity index is 680. The highest BCUT2D eigenvalue weighted by Gasteiger charge is 2.17. The van der Waals surface area contributed by atoms with E-state index in [1.54, 1.807) is 23.5 Å². The molecule has 1 aromatic heterocycles. The maximum absolute atomic E-state index is 12.2. The van der Waals surface area contributed by atoms with Crippen LogP contribution < -0.4 is 5.32 Å². The molecule has 3 nitrogen and oxygen atoms in total. The summed E-state index contributed by atoms with van der Waals surface area (Å²) >= 11 is 5.06. The van der Waals surface area contributed by atoms with E-state index in [-0.39, 0.29) is 5.75 Å². The highest BCUT2D eigenvalue weighted by Crippen LogP contribution is 2.26. The first-order valence-electron chi connectivity index (χ1n) is 6.33. The second-order valence-corrected chi connectivity index (χ2v) is 9.00. The van der Waals surface area contributed by atoms with E-state index in [4.69, 9.17) is 0 Å². The SMILES string of the molecule is CCCS(=O)(=O)c1ccccc1NCc1ccc(Br)s1. The summed E-state index contributed by atoms with van der Waals surface area (Å²) in [6.07, 6.45) is 0.620. The van der Waals surface area contributed by atoms with Crippen molar-refractivity contribution in [2.75, 3.05) is 11.1 Å². The molecule has 0 amide bonds. The molecule has 0 aliphatic heterocycles. The van der Waals surface area contributed by atoms with E-state index in [1.165, 1.54) is 0 Å². The second-order valence-electron chi connectivity index (χ2n) is 4.37. The predicted molar refractivity (Wildman–Crippen MR) is 88.1 cm³/mol. The van der Waals surface area contributed by atoms with Crippen molar-refractivity contribution in [1.29, 1.82) is 0 Å². The van der Waals surface area contributed by atoms with Crippen LogP contribution in [0.3, 0.4) is 0 Å². The van der Waals surface area contributed by atoms with Gasteiger partial charge in [-0.2, -0.15) is 0 Å². The maximum atomic E-state index is 12.2. The van der Waals surface area contributed by atoms with Crippen molar-refractivity contribution >= 4 is 42.8 Å². The molecule has 0 bridgehead atoms. The van der Waals surface area contributed by atoms with Gasteiger partial charge < -0.3 is 5.32 Å². The third-order valence-corrected chi connectivity index (χ3v) is 6.37. The summed E-state index contributed by atoms with van der Waals surface area (Å²) in [5, 5.41) is 3.22. The zero-order valence-corrected chi connectivity index (χ0v) is 14.3. The van der Waals surface area contributed by atoms with Gasteiger partial charge >= 0.3 is 0 Å². The summed E-state index contributed by atoms with van der Waals surface area (Å²) in [6.45, 7) is 2.49. The van der Waals surface area contributed by atoms with Gasteiger partial charge in [-0.1, -0.05) is 19.1 Å². The van der Waals surface area contributed by atoms with Crippen LogP contribution in [0.15, 0.2) is 45.1 Å². The molecule has 6 heteroatoms. The normalized spacial score (nSPS) is 11.5. The molecule has 0 fully saturated rings. The molecular weight excluding hydrogens is 358 g/mol. The Labute approximate surface area is 132 Å². The summed E-state index contributed by atoms with van der Waals surface area (Å²) in [7, 11) is -3.21. The van der Waals surface area contributed by atoms with Gasteiger partial charge in [0.1, 0.15) is 0 Å². The van der Waals surface area contributed by atoms with Crippen LogP contribution >= 0.6 is 27.3 Å². The van der Waals surface area contributed by atoms with Gasteiger partial charge in [-0.15, -0.1) is 11.3 Å². The summed E-state index contributed by atoms with van der Waals surface area (Å²) in [6, 6.07) is 11.1. The molecule has 1 aromatic carbocycles. The monoisotopic (exact) mass is 373 g/mol. The molecule has 1 N–H and O–H groups in total. The van der Waals surface area contributed by atoms with Gasteiger partial charge in [0.15, 0.2) is 9.84 Å². The van der Waals surface area contributed by atoms with Gasteiger partial charge in [0.2, 0.25) is 0 Å². The molecule has 108 valence electrons. The Morgan fingerprint density at radius 2 is 1.95 bits per heavy atom. The van der Waals surface area contributed by atoms with E-state index in [0.29, 0.717) is 23.5 Å². The fourth-order valence-electron chi connectivity index (χ4n) is 1.89. The number of sulfone groups is 1. The van der Waals surface area contributed by atoms with Crippen LogP contribution in [0.2, 0.25) is 0 Å². The summed E-state index contributed by atoms with van der Waals surface area (Å²) in [5.74, 6) is 0.177. The molecule has 0 aliphatic rings. The molecule has 0 radical (unpaired) electrons. The number of anilines is 1. The number of hydrogen-bond donors (Lipinski definition) is 1. The number of hydrogen-bond acceptors (Lipinski definition) is 4. The van der Waals surface area contributed by atoms with Gasteiger partial charge in [-0.25, -0.2) is 8.42 Å². The van der Waals surface area contributed by atoms with E-state index in [2.05, 4.69) is 21.2 Å². The zero-order valence-electron chi connectivity index (χ0n) is 11.1. The largest absolute Gasteiger partial charge is 0.379 e.